The Morgan fingerprint density at radius 1 is 1.19 bits per heavy atom. The van der Waals surface area contributed by atoms with Crippen molar-refractivity contribution in [3.05, 3.63) is 33.8 Å². The van der Waals surface area contributed by atoms with Crippen molar-refractivity contribution >= 4 is 47.0 Å². The number of benzene rings is 1. The monoisotopic (exact) mass is 398 g/mol. The van der Waals surface area contributed by atoms with Crippen LogP contribution in [-0.4, -0.2) is 53.3 Å². The molecule has 2 N–H and O–H groups in total. The first-order valence-electron chi connectivity index (χ1n) is 8.01. The fourth-order valence-corrected chi connectivity index (χ4v) is 3.24. The van der Waals surface area contributed by atoms with Crippen molar-refractivity contribution in [3.8, 4) is 0 Å². The van der Waals surface area contributed by atoms with Crippen LogP contribution in [0.25, 0.3) is 0 Å². The number of urea groups is 1. The van der Waals surface area contributed by atoms with Crippen LogP contribution >= 0.6 is 23.2 Å². The van der Waals surface area contributed by atoms with Gasteiger partial charge in [-0.05, 0) is 31.0 Å². The lowest BCUT2D eigenvalue weighted by Gasteiger charge is -2.32. The van der Waals surface area contributed by atoms with Gasteiger partial charge in [-0.2, -0.15) is 0 Å². The minimum atomic E-state index is -0.664. The number of nitrogens with zero attached hydrogens (tertiary/aromatic N) is 2. The molecule has 26 heavy (non-hydrogen) atoms. The Kier molecular flexibility index (Phi) is 5.33. The van der Waals surface area contributed by atoms with Gasteiger partial charge in [-0.25, -0.2) is 9.80 Å². The zero-order valence-corrected chi connectivity index (χ0v) is 15.1. The largest absolute Gasteiger partial charge is 0.343 e. The minimum Gasteiger partial charge on any atom is -0.338 e. The molecule has 1 unspecified atom stereocenters. The summed E-state index contributed by atoms with van der Waals surface area (Å²) in [6.45, 7) is 0.517. The average molecular weight is 399 g/mol. The quantitative estimate of drug-likeness (QED) is 0.752. The number of imide groups is 1. The van der Waals surface area contributed by atoms with Crippen LogP contribution in [0.3, 0.4) is 0 Å². The molecule has 10 heteroatoms. The van der Waals surface area contributed by atoms with Crippen molar-refractivity contribution in [2.45, 2.75) is 12.8 Å². The molecule has 2 aliphatic heterocycles. The summed E-state index contributed by atoms with van der Waals surface area (Å²) < 4.78 is 0. The molecule has 0 saturated carbocycles. The summed E-state index contributed by atoms with van der Waals surface area (Å²) in [7, 11) is 0. The highest BCUT2D eigenvalue weighted by Gasteiger charge is 2.33. The van der Waals surface area contributed by atoms with Crippen molar-refractivity contribution in [1.82, 2.24) is 20.7 Å². The third-order valence-electron chi connectivity index (χ3n) is 4.28. The molecule has 0 spiro atoms. The van der Waals surface area contributed by atoms with Crippen LogP contribution in [-0.2, 0) is 9.59 Å². The van der Waals surface area contributed by atoms with Crippen molar-refractivity contribution in [1.29, 1.82) is 0 Å². The van der Waals surface area contributed by atoms with E-state index in [1.54, 1.807) is 17.0 Å². The van der Waals surface area contributed by atoms with E-state index in [2.05, 4.69) is 10.7 Å². The first-order valence-corrected chi connectivity index (χ1v) is 8.77. The first kappa shape index (κ1) is 18.5. The van der Waals surface area contributed by atoms with Gasteiger partial charge < -0.3 is 4.90 Å². The second-order valence-electron chi connectivity index (χ2n) is 6.13. The maximum Gasteiger partial charge on any atom is 0.343 e. The Balaban J connectivity index is 1.64. The zero-order chi connectivity index (χ0) is 18.8. The summed E-state index contributed by atoms with van der Waals surface area (Å²) in [5, 5.41) is 3.66. The van der Waals surface area contributed by atoms with E-state index in [0.29, 0.717) is 30.0 Å². The second kappa shape index (κ2) is 7.51. The van der Waals surface area contributed by atoms with Crippen molar-refractivity contribution in [3.63, 3.8) is 0 Å². The molecule has 3 rings (SSSR count). The van der Waals surface area contributed by atoms with E-state index in [9.17, 15) is 19.2 Å². The highest BCUT2D eigenvalue weighted by atomic mass is 35.5. The molecule has 5 amide bonds. The van der Waals surface area contributed by atoms with Crippen LogP contribution in [0, 0.1) is 5.92 Å². The van der Waals surface area contributed by atoms with E-state index in [1.165, 1.54) is 6.07 Å². The summed E-state index contributed by atoms with van der Waals surface area (Å²) in [5.41, 5.74) is 2.82. The van der Waals surface area contributed by atoms with Crippen LogP contribution < -0.4 is 10.7 Å². The maximum absolute atomic E-state index is 12.6. The molecule has 2 heterocycles. The molecular formula is C16H16Cl2N4O4. The molecule has 1 atom stereocenters. The Bertz CT molecular complexity index is 786. The predicted octanol–water partition coefficient (Wildman–Crippen LogP) is 1.43. The zero-order valence-electron chi connectivity index (χ0n) is 13.6. The molecule has 138 valence electrons. The number of amides is 5. The molecule has 2 saturated heterocycles. The molecule has 8 nitrogen and oxygen atoms in total. The lowest BCUT2D eigenvalue weighted by molar-refractivity contribution is -0.130. The van der Waals surface area contributed by atoms with Crippen LogP contribution in [0.5, 0.6) is 0 Å². The Morgan fingerprint density at radius 3 is 2.62 bits per heavy atom. The number of carbonyl (C=O) groups excluding carboxylic acids is 4. The van der Waals surface area contributed by atoms with Gasteiger partial charge in [0.05, 0.1) is 16.0 Å². The highest BCUT2D eigenvalue weighted by molar-refractivity contribution is 6.42. The van der Waals surface area contributed by atoms with E-state index in [0.717, 1.165) is 5.01 Å². The van der Waals surface area contributed by atoms with Gasteiger partial charge in [0.15, 0.2) is 0 Å². The number of rotatable bonds is 3. The Hall–Kier alpha value is -2.32. The molecular weight excluding hydrogens is 383 g/mol. The van der Waals surface area contributed by atoms with Crippen molar-refractivity contribution < 1.29 is 19.2 Å². The molecule has 1 aromatic carbocycles. The van der Waals surface area contributed by atoms with Gasteiger partial charge in [0.25, 0.3) is 5.91 Å². The van der Waals surface area contributed by atoms with E-state index >= 15 is 0 Å². The number of likely N-dealkylation sites (tertiary alicyclic amines) is 1. The van der Waals surface area contributed by atoms with E-state index in [4.69, 9.17) is 23.2 Å². The minimum absolute atomic E-state index is 0.217. The summed E-state index contributed by atoms with van der Waals surface area (Å²) in [6.07, 6.45) is 1.23. The number of hydrogen-bond acceptors (Lipinski definition) is 4. The molecule has 1 aromatic rings. The standard InChI is InChI=1S/C16H16Cl2N4O4/c17-11-4-3-9(6-12(11)18)15(25)21-5-1-2-10(7-21)14(24)20-22-8-13(23)19-16(22)26/h3-4,6,10H,1-2,5,7-8H2,(H,20,24)(H,19,23,26). The van der Waals surface area contributed by atoms with Gasteiger partial charge in [-0.15, -0.1) is 0 Å². The van der Waals surface area contributed by atoms with Crippen LogP contribution in [0.15, 0.2) is 18.2 Å². The molecule has 2 aliphatic rings. The van der Waals surface area contributed by atoms with Gasteiger partial charge in [0.2, 0.25) is 11.8 Å². The van der Waals surface area contributed by atoms with Gasteiger partial charge in [-0.1, -0.05) is 23.2 Å². The van der Waals surface area contributed by atoms with Gasteiger partial charge in [-0.3, -0.25) is 25.1 Å². The molecule has 2 fully saturated rings. The van der Waals surface area contributed by atoms with Crippen LogP contribution in [0.4, 0.5) is 4.79 Å². The SMILES string of the molecule is O=C1CN(NC(=O)C2CCCN(C(=O)c3ccc(Cl)c(Cl)c3)C2)C(=O)N1. The van der Waals surface area contributed by atoms with E-state index < -0.39 is 23.8 Å². The predicted molar refractivity (Wildman–Crippen MR) is 93.5 cm³/mol. The van der Waals surface area contributed by atoms with Crippen LogP contribution in [0.2, 0.25) is 10.0 Å². The summed E-state index contributed by atoms with van der Waals surface area (Å²) >= 11 is 11.8. The summed E-state index contributed by atoms with van der Waals surface area (Å²) in [6, 6.07) is 3.97. The van der Waals surface area contributed by atoms with Gasteiger partial charge in [0.1, 0.15) is 6.54 Å². The maximum atomic E-state index is 12.6. The third kappa shape index (κ3) is 3.91. The topological polar surface area (TPSA) is 98.8 Å². The third-order valence-corrected chi connectivity index (χ3v) is 5.02. The lowest BCUT2D eigenvalue weighted by Crippen LogP contribution is -2.51. The Morgan fingerprint density at radius 2 is 1.96 bits per heavy atom. The number of hydrazine groups is 1. The van der Waals surface area contributed by atoms with E-state index in [1.807, 2.05) is 0 Å². The fraction of sp³-hybridized carbons (Fsp3) is 0.375. The number of hydrogen-bond donors (Lipinski definition) is 2. The molecule has 0 aliphatic carbocycles. The van der Waals surface area contributed by atoms with E-state index in [-0.39, 0.29) is 24.0 Å². The fourth-order valence-electron chi connectivity index (χ4n) is 2.94. The summed E-state index contributed by atoms with van der Waals surface area (Å²) in [4.78, 5) is 49.3. The first-order chi connectivity index (χ1) is 12.3. The smallest absolute Gasteiger partial charge is 0.338 e. The summed E-state index contributed by atoms with van der Waals surface area (Å²) in [5.74, 6) is -1.59. The number of halogens is 2. The second-order valence-corrected chi connectivity index (χ2v) is 6.95. The molecule has 0 aromatic heterocycles. The lowest BCUT2D eigenvalue weighted by atomic mass is 9.96. The van der Waals surface area contributed by atoms with Gasteiger partial charge in [0, 0.05) is 18.7 Å². The number of carbonyl (C=O) groups is 4. The highest BCUT2D eigenvalue weighted by Crippen LogP contribution is 2.25. The van der Waals surface area contributed by atoms with Crippen molar-refractivity contribution in [2.75, 3.05) is 19.6 Å². The van der Waals surface area contributed by atoms with Crippen molar-refractivity contribution in [2.24, 2.45) is 5.92 Å². The molecule has 0 radical (unpaired) electrons. The number of nitrogens with one attached hydrogen (secondary N) is 2. The normalized spacial score (nSPS) is 20.2. The molecule has 0 bridgehead atoms. The Labute approximate surface area is 159 Å². The average Bonchev–Trinajstić information content (AvgIpc) is 2.94. The van der Waals surface area contributed by atoms with Gasteiger partial charge >= 0.3 is 6.03 Å². The van der Waals surface area contributed by atoms with Crippen LogP contribution in [0.1, 0.15) is 23.2 Å². The number of piperidine rings is 1.